The Morgan fingerprint density at radius 2 is 1.41 bits per heavy atom. The van der Waals surface area contributed by atoms with Gasteiger partial charge in [0.1, 0.15) is 24.6 Å². The standard InChI is InChI=1S/C40H44N2O7/c1-39(2,3)49-37(44)40(46,28-20-22-29(23-21-28)47-25-27-13-5-4-6-14-27)36(43)35(19-11-12-24-41)42-38(45)48-26-34-32-17-9-7-15-30(32)31-16-8-10-18-33(31)34/h4-10,13-18,20-23,34-35,46H,11-12,19,24-26,41H2,1-3H3,(H,42,45)/t35-,40?/m0/s1. The zero-order chi connectivity index (χ0) is 35.0. The van der Waals surface area contributed by atoms with Crippen molar-refractivity contribution < 1.29 is 33.7 Å². The van der Waals surface area contributed by atoms with Crippen LogP contribution >= 0.6 is 0 Å². The van der Waals surface area contributed by atoms with E-state index in [1.165, 1.54) is 12.1 Å². The highest BCUT2D eigenvalue weighted by Gasteiger charge is 2.51. The van der Waals surface area contributed by atoms with Crippen molar-refractivity contribution in [1.82, 2.24) is 5.32 Å². The van der Waals surface area contributed by atoms with Gasteiger partial charge in [0.25, 0.3) is 0 Å². The van der Waals surface area contributed by atoms with Crippen molar-refractivity contribution in [2.45, 2.75) is 69.8 Å². The number of ketones is 1. The first kappa shape index (κ1) is 35.3. The Labute approximate surface area is 287 Å². The summed E-state index contributed by atoms with van der Waals surface area (Å²) in [6.45, 7) is 5.64. The topological polar surface area (TPSA) is 137 Å². The molecule has 0 heterocycles. The van der Waals surface area contributed by atoms with Crippen LogP contribution in [0.3, 0.4) is 0 Å². The summed E-state index contributed by atoms with van der Waals surface area (Å²) in [5.74, 6) is -1.81. The minimum atomic E-state index is -2.74. The molecule has 0 saturated heterocycles. The van der Waals surface area contributed by atoms with Crippen molar-refractivity contribution in [2.24, 2.45) is 5.73 Å². The number of Topliss-reactive ketones (excluding diaryl/α,β-unsaturated/α-hetero) is 1. The number of nitrogens with two attached hydrogens (primary N) is 1. The van der Waals surface area contributed by atoms with E-state index in [9.17, 15) is 19.5 Å². The SMILES string of the molecule is CC(C)(C)OC(=O)C(O)(C(=O)[C@H](CCCCN)NC(=O)OCC1c2ccccc2-c2ccccc21)c1ccc(OCc2ccccc2)cc1. The Hall–Kier alpha value is -4.99. The zero-order valence-corrected chi connectivity index (χ0v) is 28.2. The second-order valence-electron chi connectivity index (χ2n) is 13.2. The van der Waals surface area contributed by atoms with Gasteiger partial charge in [0.2, 0.25) is 11.4 Å². The molecule has 0 fully saturated rings. The molecule has 1 unspecified atom stereocenters. The number of nitrogens with one attached hydrogen (secondary N) is 1. The maximum atomic E-state index is 14.3. The first-order valence-corrected chi connectivity index (χ1v) is 16.6. The highest BCUT2D eigenvalue weighted by Crippen LogP contribution is 2.44. The van der Waals surface area contributed by atoms with Gasteiger partial charge in [-0.2, -0.15) is 0 Å². The van der Waals surface area contributed by atoms with Gasteiger partial charge in [-0.05, 0) is 86.5 Å². The third kappa shape index (κ3) is 8.36. The fourth-order valence-electron chi connectivity index (χ4n) is 6.04. The van der Waals surface area contributed by atoms with E-state index in [-0.39, 0.29) is 24.5 Å². The molecule has 0 saturated carbocycles. The van der Waals surface area contributed by atoms with Crippen molar-refractivity contribution in [3.8, 4) is 16.9 Å². The average Bonchev–Trinajstić information content (AvgIpc) is 3.42. The van der Waals surface area contributed by atoms with Gasteiger partial charge in [-0.1, -0.05) is 91.0 Å². The van der Waals surface area contributed by atoms with E-state index in [0.717, 1.165) is 27.8 Å². The van der Waals surface area contributed by atoms with Crippen molar-refractivity contribution in [2.75, 3.05) is 13.2 Å². The largest absolute Gasteiger partial charge is 0.489 e. The average molecular weight is 665 g/mol. The van der Waals surface area contributed by atoms with Crippen LogP contribution in [0.4, 0.5) is 4.79 Å². The van der Waals surface area contributed by atoms with E-state index in [4.69, 9.17) is 19.9 Å². The van der Waals surface area contributed by atoms with Crippen LogP contribution in [-0.4, -0.2) is 47.7 Å². The summed E-state index contributed by atoms with van der Waals surface area (Å²) < 4.78 is 17.2. The van der Waals surface area contributed by atoms with Crippen LogP contribution in [0.15, 0.2) is 103 Å². The Balaban J connectivity index is 1.36. The fraction of sp³-hybridized carbons (Fsp3) is 0.325. The van der Waals surface area contributed by atoms with Crippen molar-refractivity contribution >= 4 is 17.8 Å². The number of carbonyl (C=O) groups is 3. The third-order valence-electron chi connectivity index (χ3n) is 8.47. The minimum Gasteiger partial charge on any atom is -0.489 e. The van der Waals surface area contributed by atoms with E-state index >= 15 is 0 Å². The molecule has 4 N–H and O–H groups in total. The first-order chi connectivity index (χ1) is 23.5. The van der Waals surface area contributed by atoms with Crippen molar-refractivity contribution in [3.05, 3.63) is 125 Å². The number of alkyl carbamates (subject to hydrolysis) is 1. The molecule has 1 aliphatic rings. The van der Waals surface area contributed by atoms with Gasteiger partial charge >= 0.3 is 12.1 Å². The van der Waals surface area contributed by atoms with Crippen LogP contribution in [0.25, 0.3) is 11.1 Å². The molecule has 49 heavy (non-hydrogen) atoms. The van der Waals surface area contributed by atoms with Crippen LogP contribution < -0.4 is 15.8 Å². The van der Waals surface area contributed by atoms with E-state index in [2.05, 4.69) is 5.32 Å². The fourth-order valence-corrected chi connectivity index (χ4v) is 6.04. The van der Waals surface area contributed by atoms with Crippen LogP contribution in [0.2, 0.25) is 0 Å². The van der Waals surface area contributed by atoms with Gasteiger partial charge < -0.3 is 30.4 Å². The number of fused-ring (bicyclic) bond motifs is 3. The monoisotopic (exact) mass is 664 g/mol. The molecule has 2 atom stereocenters. The summed E-state index contributed by atoms with van der Waals surface area (Å²) in [5.41, 5.74) is 7.17. The highest BCUT2D eigenvalue weighted by molar-refractivity contribution is 6.10. The summed E-state index contributed by atoms with van der Waals surface area (Å²) in [6.07, 6.45) is 0.287. The van der Waals surface area contributed by atoms with Crippen LogP contribution in [0.1, 0.15) is 68.2 Å². The molecular weight excluding hydrogens is 620 g/mol. The molecule has 4 aromatic rings. The summed E-state index contributed by atoms with van der Waals surface area (Å²) in [7, 11) is 0. The molecule has 0 spiro atoms. The Bertz CT molecular complexity index is 1710. The van der Waals surface area contributed by atoms with Crippen LogP contribution in [0.5, 0.6) is 5.75 Å². The van der Waals surface area contributed by atoms with E-state index in [1.54, 1.807) is 32.9 Å². The Morgan fingerprint density at radius 1 is 0.816 bits per heavy atom. The lowest BCUT2D eigenvalue weighted by Gasteiger charge is -2.32. The van der Waals surface area contributed by atoms with Crippen molar-refractivity contribution in [3.63, 3.8) is 0 Å². The molecule has 256 valence electrons. The predicted octanol–water partition coefficient (Wildman–Crippen LogP) is 6.40. The van der Waals surface area contributed by atoms with Gasteiger partial charge in [0.15, 0.2) is 0 Å². The molecule has 0 aliphatic heterocycles. The number of carbonyl (C=O) groups excluding carboxylic acids is 3. The maximum Gasteiger partial charge on any atom is 0.407 e. The number of unbranched alkanes of at least 4 members (excludes halogenated alkanes) is 1. The number of esters is 1. The van der Waals surface area contributed by atoms with Gasteiger partial charge in [-0.3, -0.25) is 4.79 Å². The molecule has 5 rings (SSSR count). The Morgan fingerprint density at radius 3 is 2.00 bits per heavy atom. The lowest BCUT2D eigenvalue weighted by Crippen LogP contribution is -2.55. The zero-order valence-electron chi connectivity index (χ0n) is 28.2. The first-order valence-electron chi connectivity index (χ1n) is 16.6. The number of aliphatic hydroxyl groups is 1. The second kappa shape index (κ2) is 15.5. The molecule has 0 aromatic heterocycles. The lowest BCUT2D eigenvalue weighted by molar-refractivity contribution is -0.182. The van der Waals surface area contributed by atoms with Crippen LogP contribution in [-0.2, 0) is 31.3 Å². The molecule has 4 aromatic carbocycles. The quantitative estimate of drug-likeness (QED) is 0.0800. The Kier molecular flexibility index (Phi) is 11.2. The molecule has 1 aliphatic carbocycles. The predicted molar refractivity (Wildman–Crippen MR) is 187 cm³/mol. The molecular formula is C40H44N2O7. The summed E-state index contributed by atoms with van der Waals surface area (Å²) in [4.78, 5) is 41.3. The minimum absolute atomic E-state index is 0.0167. The maximum absolute atomic E-state index is 14.3. The number of hydrogen-bond acceptors (Lipinski definition) is 8. The van der Waals surface area contributed by atoms with Crippen molar-refractivity contribution in [1.29, 1.82) is 0 Å². The molecule has 0 radical (unpaired) electrons. The van der Waals surface area contributed by atoms with Gasteiger partial charge in [0.05, 0.1) is 6.04 Å². The molecule has 9 heteroatoms. The number of amides is 1. The number of hydrogen-bond donors (Lipinski definition) is 3. The van der Waals surface area contributed by atoms with Gasteiger partial charge in [-0.15, -0.1) is 0 Å². The number of benzene rings is 4. The molecule has 9 nitrogen and oxygen atoms in total. The molecule has 0 bridgehead atoms. The van der Waals surface area contributed by atoms with E-state index < -0.39 is 35.1 Å². The third-order valence-corrected chi connectivity index (χ3v) is 8.47. The normalized spacial score (nSPS) is 14.1. The van der Waals surface area contributed by atoms with Crippen LogP contribution in [0, 0.1) is 0 Å². The van der Waals surface area contributed by atoms with Gasteiger partial charge in [-0.25, -0.2) is 9.59 Å². The molecule has 1 amide bonds. The lowest BCUT2D eigenvalue weighted by atomic mass is 9.84. The summed E-state index contributed by atoms with van der Waals surface area (Å²) >= 11 is 0. The summed E-state index contributed by atoms with van der Waals surface area (Å²) in [5, 5.41) is 14.7. The van der Waals surface area contributed by atoms with E-state index in [1.807, 2.05) is 78.9 Å². The number of rotatable bonds is 14. The van der Waals surface area contributed by atoms with Gasteiger partial charge in [0, 0.05) is 11.5 Å². The highest BCUT2D eigenvalue weighted by atomic mass is 16.6. The number of ether oxygens (including phenoxy) is 3. The summed E-state index contributed by atoms with van der Waals surface area (Å²) in [6, 6.07) is 30.3. The smallest absolute Gasteiger partial charge is 0.407 e. The second-order valence-corrected chi connectivity index (χ2v) is 13.2. The van der Waals surface area contributed by atoms with E-state index in [0.29, 0.717) is 31.7 Å².